The summed E-state index contributed by atoms with van der Waals surface area (Å²) >= 11 is 8.33. The molecule has 1 fully saturated rings. The van der Waals surface area contributed by atoms with Crippen LogP contribution in [0.2, 0.25) is 5.15 Å². The molecule has 1 atom stereocenters. The first-order valence-electron chi connectivity index (χ1n) is 5.44. The average Bonchev–Trinajstić information content (AvgIpc) is 2.74. The summed E-state index contributed by atoms with van der Waals surface area (Å²) in [4.78, 5) is 8.91. The molecule has 2 rings (SSSR count). The van der Waals surface area contributed by atoms with E-state index in [1.807, 2.05) is 0 Å². The van der Waals surface area contributed by atoms with Gasteiger partial charge in [0.05, 0.1) is 9.26 Å². The number of hydrogen-bond acceptors (Lipinski definition) is 3. The summed E-state index contributed by atoms with van der Waals surface area (Å²) in [5, 5.41) is 0.546. The summed E-state index contributed by atoms with van der Waals surface area (Å²) in [6, 6.07) is 0. The average molecular weight is 353 g/mol. The molecule has 0 spiro atoms. The van der Waals surface area contributed by atoms with Crippen LogP contribution in [0.4, 0.5) is 0 Å². The number of rotatable bonds is 2. The Morgan fingerprint density at radius 1 is 1.44 bits per heavy atom. The van der Waals surface area contributed by atoms with E-state index in [1.54, 1.807) is 0 Å². The molecule has 1 unspecified atom stereocenters. The quantitative estimate of drug-likeness (QED) is 0.601. The second-order valence-electron chi connectivity index (χ2n) is 4.23. The van der Waals surface area contributed by atoms with Crippen LogP contribution < -0.4 is 0 Å². The van der Waals surface area contributed by atoms with Crippen LogP contribution >= 0.6 is 34.2 Å². The zero-order valence-corrected chi connectivity index (χ0v) is 12.2. The number of halogens is 2. The molecule has 0 aromatic carbocycles. The minimum Gasteiger partial charge on any atom is -0.370 e. The minimum atomic E-state index is 0.0343. The van der Waals surface area contributed by atoms with Gasteiger partial charge in [-0.2, -0.15) is 0 Å². The first kappa shape index (κ1) is 12.5. The van der Waals surface area contributed by atoms with Gasteiger partial charge in [0.1, 0.15) is 11.3 Å². The number of ether oxygens (including phenoxy) is 1. The summed E-state index contributed by atoms with van der Waals surface area (Å²) in [6.45, 7) is 5.02. The van der Waals surface area contributed by atoms with Crippen LogP contribution in [-0.2, 0) is 4.74 Å². The molecule has 5 heteroatoms. The highest BCUT2D eigenvalue weighted by molar-refractivity contribution is 14.1. The van der Waals surface area contributed by atoms with Crippen LogP contribution in [0.3, 0.4) is 0 Å². The van der Waals surface area contributed by atoms with Gasteiger partial charge in [-0.15, -0.1) is 0 Å². The van der Waals surface area contributed by atoms with Crippen LogP contribution in [0.5, 0.6) is 0 Å². The van der Waals surface area contributed by atoms with Crippen molar-refractivity contribution in [2.24, 2.45) is 0 Å². The third-order valence-electron chi connectivity index (χ3n) is 2.62. The summed E-state index contributed by atoms with van der Waals surface area (Å²) in [5.74, 6) is 1.10. The highest BCUT2D eigenvalue weighted by atomic mass is 127. The lowest BCUT2D eigenvalue weighted by atomic mass is 10.1. The maximum absolute atomic E-state index is 6.13. The fraction of sp³-hybridized carbons (Fsp3) is 0.636. The molecule has 1 aromatic heterocycles. The van der Waals surface area contributed by atoms with E-state index in [1.165, 1.54) is 0 Å². The molecule has 0 bridgehead atoms. The van der Waals surface area contributed by atoms with Gasteiger partial charge in [-0.3, -0.25) is 0 Å². The van der Waals surface area contributed by atoms with E-state index in [2.05, 4.69) is 46.4 Å². The molecule has 1 aromatic rings. The predicted octanol–water partition coefficient (Wildman–Crippen LogP) is 3.71. The maximum atomic E-state index is 6.13. The van der Waals surface area contributed by atoms with Crippen molar-refractivity contribution in [3.8, 4) is 0 Å². The summed E-state index contributed by atoms with van der Waals surface area (Å²) in [6.07, 6.45) is 2.11. The van der Waals surface area contributed by atoms with Crippen molar-refractivity contribution in [1.82, 2.24) is 9.97 Å². The zero-order chi connectivity index (χ0) is 11.7. The number of nitrogens with zero attached hydrogens (tertiary/aromatic N) is 2. The minimum absolute atomic E-state index is 0.0343. The Hall–Kier alpha value is 0.0600. The van der Waals surface area contributed by atoms with Crippen LogP contribution in [0.25, 0.3) is 0 Å². The molecule has 88 valence electrons. The molecular formula is C11H14ClIN2O. The molecule has 0 aliphatic carbocycles. The molecule has 1 aliphatic rings. The van der Waals surface area contributed by atoms with Crippen LogP contribution in [0.15, 0.2) is 0 Å². The Morgan fingerprint density at radius 2 is 2.19 bits per heavy atom. The van der Waals surface area contributed by atoms with E-state index in [-0.39, 0.29) is 6.10 Å². The van der Waals surface area contributed by atoms with Gasteiger partial charge in [0.2, 0.25) is 0 Å². The standard InChI is InChI=1S/C11H14ClIN2O/c1-6(2)9-8(13)10(12)15-11(14-9)7-4-3-5-16-7/h6-7H,3-5H2,1-2H3. The second-order valence-corrected chi connectivity index (χ2v) is 5.66. The van der Waals surface area contributed by atoms with E-state index >= 15 is 0 Å². The van der Waals surface area contributed by atoms with Crippen LogP contribution in [0, 0.1) is 3.57 Å². The lowest BCUT2D eigenvalue weighted by molar-refractivity contribution is 0.105. The Bertz CT molecular complexity index is 392. The second kappa shape index (κ2) is 5.14. The van der Waals surface area contributed by atoms with Gasteiger partial charge >= 0.3 is 0 Å². The maximum Gasteiger partial charge on any atom is 0.159 e. The Labute approximate surface area is 114 Å². The molecule has 2 heterocycles. The monoisotopic (exact) mass is 352 g/mol. The molecule has 0 saturated carbocycles. The van der Waals surface area contributed by atoms with Gasteiger partial charge in [0.15, 0.2) is 5.82 Å². The smallest absolute Gasteiger partial charge is 0.159 e. The van der Waals surface area contributed by atoms with Crippen LogP contribution in [-0.4, -0.2) is 16.6 Å². The summed E-state index contributed by atoms with van der Waals surface area (Å²) < 4.78 is 6.54. The SMILES string of the molecule is CC(C)c1nc(C2CCCO2)nc(Cl)c1I. The summed E-state index contributed by atoms with van der Waals surface area (Å²) in [7, 11) is 0. The molecule has 1 aliphatic heterocycles. The Kier molecular flexibility index (Phi) is 4.02. The van der Waals surface area contributed by atoms with E-state index < -0.39 is 0 Å². The van der Waals surface area contributed by atoms with Gasteiger partial charge in [0.25, 0.3) is 0 Å². The van der Waals surface area contributed by atoms with Crippen molar-refractivity contribution in [2.45, 2.75) is 38.7 Å². The number of aromatic nitrogens is 2. The van der Waals surface area contributed by atoms with Crippen molar-refractivity contribution in [3.05, 3.63) is 20.2 Å². The molecular weight excluding hydrogens is 338 g/mol. The molecule has 3 nitrogen and oxygen atoms in total. The van der Waals surface area contributed by atoms with Gasteiger partial charge in [-0.1, -0.05) is 25.4 Å². The zero-order valence-electron chi connectivity index (χ0n) is 9.33. The lowest BCUT2D eigenvalue weighted by Crippen LogP contribution is -2.09. The van der Waals surface area contributed by atoms with Crippen molar-refractivity contribution in [2.75, 3.05) is 6.61 Å². The van der Waals surface area contributed by atoms with E-state index in [0.29, 0.717) is 11.1 Å². The van der Waals surface area contributed by atoms with Crippen molar-refractivity contribution >= 4 is 34.2 Å². The molecule has 16 heavy (non-hydrogen) atoms. The van der Waals surface area contributed by atoms with Gasteiger partial charge in [-0.05, 0) is 41.4 Å². The van der Waals surface area contributed by atoms with E-state index in [9.17, 15) is 0 Å². The van der Waals surface area contributed by atoms with Crippen molar-refractivity contribution in [3.63, 3.8) is 0 Å². The third-order valence-corrected chi connectivity index (χ3v) is 4.27. The molecule has 0 N–H and O–H groups in total. The normalized spacial score (nSPS) is 20.7. The van der Waals surface area contributed by atoms with Gasteiger partial charge < -0.3 is 4.74 Å². The largest absolute Gasteiger partial charge is 0.370 e. The predicted molar refractivity (Wildman–Crippen MR) is 71.8 cm³/mol. The molecule has 0 radical (unpaired) electrons. The number of hydrogen-bond donors (Lipinski definition) is 0. The summed E-state index contributed by atoms with van der Waals surface area (Å²) in [5.41, 5.74) is 1.02. The molecule has 0 amide bonds. The fourth-order valence-electron chi connectivity index (χ4n) is 1.76. The molecule has 1 saturated heterocycles. The Morgan fingerprint density at radius 3 is 2.75 bits per heavy atom. The van der Waals surface area contributed by atoms with Gasteiger partial charge in [-0.25, -0.2) is 9.97 Å². The first-order valence-corrected chi connectivity index (χ1v) is 6.89. The Balaban J connectivity index is 2.39. The highest BCUT2D eigenvalue weighted by Gasteiger charge is 2.23. The van der Waals surface area contributed by atoms with Crippen LogP contribution in [0.1, 0.15) is 50.2 Å². The van der Waals surface area contributed by atoms with Crippen molar-refractivity contribution in [1.29, 1.82) is 0 Å². The lowest BCUT2D eigenvalue weighted by Gasteiger charge is -2.13. The first-order chi connectivity index (χ1) is 7.59. The van der Waals surface area contributed by atoms with E-state index in [4.69, 9.17) is 16.3 Å². The topological polar surface area (TPSA) is 35.0 Å². The van der Waals surface area contributed by atoms with Crippen molar-refractivity contribution < 1.29 is 4.74 Å². The highest BCUT2D eigenvalue weighted by Crippen LogP contribution is 2.31. The van der Waals surface area contributed by atoms with E-state index in [0.717, 1.165) is 34.5 Å². The fourth-order valence-corrected chi connectivity index (χ4v) is 2.81. The third kappa shape index (κ3) is 2.49. The van der Waals surface area contributed by atoms with Gasteiger partial charge in [0, 0.05) is 6.61 Å².